The fourth-order valence-corrected chi connectivity index (χ4v) is 3.48. The lowest BCUT2D eigenvalue weighted by Gasteiger charge is -2.15. The highest BCUT2D eigenvalue weighted by molar-refractivity contribution is 7.13. The van der Waals surface area contributed by atoms with Gasteiger partial charge in [-0.15, -0.1) is 11.3 Å². The Balaban J connectivity index is 2.24. The number of carboxylic acids is 1. The fraction of sp³-hybridized carbons (Fsp3) is 0.353. The van der Waals surface area contributed by atoms with Crippen LogP contribution in [0.3, 0.4) is 0 Å². The molecule has 0 spiro atoms. The molecule has 1 aromatic heterocycles. The van der Waals surface area contributed by atoms with Gasteiger partial charge in [-0.3, -0.25) is 4.79 Å². The van der Waals surface area contributed by atoms with Crippen molar-refractivity contribution in [3.63, 3.8) is 0 Å². The van der Waals surface area contributed by atoms with Crippen LogP contribution in [0.4, 0.5) is 5.69 Å². The largest absolute Gasteiger partial charge is 0.477 e. The molecule has 2 N–H and O–H groups in total. The van der Waals surface area contributed by atoms with Gasteiger partial charge in [0.25, 0.3) is 0 Å². The summed E-state index contributed by atoms with van der Waals surface area (Å²) in [5, 5.41) is 12.6. The lowest BCUT2D eigenvalue weighted by molar-refractivity contribution is -0.117. The summed E-state index contributed by atoms with van der Waals surface area (Å²) in [5.41, 5.74) is 4.40. The fourth-order valence-electron chi connectivity index (χ4n) is 2.52. The van der Waals surface area contributed by atoms with Crippen LogP contribution in [0.1, 0.15) is 49.9 Å². The number of hydrogen-bond donors (Lipinski definition) is 2. The predicted molar refractivity (Wildman–Crippen MR) is 91.5 cm³/mol. The SMILES string of the molecule is Cc1cc(C)c(NC(=O)C(C)c2nc(C)c(C(=O)O)s2)c(C)c1. The van der Waals surface area contributed by atoms with Crippen LogP contribution >= 0.6 is 11.3 Å². The van der Waals surface area contributed by atoms with Crippen molar-refractivity contribution in [1.82, 2.24) is 4.98 Å². The Hall–Kier alpha value is -2.21. The average Bonchev–Trinajstić information content (AvgIpc) is 2.83. The Labute approximate surface area is 139 Å². The van der Waals surface area contributed by atoms with Gasteiger partial charge < -0.3 is 10.4 Å². The predicted octanol–water partition coefficient (Wildman–Crippen LogP) is 3.82. The van der Waals surface area contributed by atoms with Gasteiger partial charge in [-0.25, -0.2) is 9.78 Å². The van der Waals surface area contributed by atoms with E-state index in [1.165, 1.54) is 0 Å². The number of amides is 1. The Morgan fingerprint density at radius 3 is 2.22 bits per heavy atom. The molecule has 5 nitrogen and oxygen atoms in total. The maximum Gasteiger partial charge on any atom is 0.347 e. The average molecular weight is 332 g/mol. The number of carbonyl (C=O) groups is 2. The van der Waals surface area contributed by atoms with Gasteiger partial charge in [-0.2, -0.15) is 0 Å². The standard InChI is InChI=1S/C17H20N2O3S/c1-8-6-9(2)13(10(3)7-8)19-15(20)11(4)16-18-12(5)14(23-16)17(21)22/h6-7,11H,1-5H3,(H,19,20)(H,21,22). The third-order valence-corrected chi connectivity index (χ3v) is 5.02. The first-order valence-corrected chi connectivity index (χ1v) is 8.11. The molecule has 23 heavy (non-hydrogen) atoms. The molecule has 122 valence electrons. The Kier molecular flexibility index (Phi) is 4.85. The summed E-state index contributed by atoms with van der Waals surface area (Å²) in [6.07, 6.45) is 0. The number of aryl methyl sites for hydroxylation is 4. The minimum Gasteiger partial charge on any atom is -0.477 e. The Bertz CT molecular complexity index is 757. The van der Waals surface area contributed by atoms with Crippen molar-refractivity contribution in [3.8, 4) is 0 Å². The monoisotopic (exact) mass is 332 g/mol. The summed E-state index contributed by atoms with van der Waals surface area (Å²) in [4.78, 5) is 28.0. The van der Waals surface area contributed by atoms with Gasteiger partial charge >= 0.3 is 5.97 Å². The van der Waals surface area contributed by atoms with E-state index in [-0.39, 0.29) is 10.8 Å². The molecule has 1 atom stereocenters. The molecule has 6 heteroatoms. The van der Waals surface area contributed by atoms with Crippen LogP contribution in [-0.2, 0) is 4.79 Å². The van der Waals surface area contributed by atoms with Gasteiger partial charge in [0.2, 0.25) is 5.91 Å². The first kappa shape index (κ1) is 17.1. The molecule has 0 aliphatic carbocycles. The first-order chi connectivity index (χ1) is 10.7. The van der Waals surface area contributed by atoms with Gasteiger partial charge in [0.1, 0.15) is 9.88 Å². The molecule has 0 fully saturated rings. The van der Waals surface area contributed by atoms with E-state index >= 15 is 0 Å². The summed E-state index contributed by atoms with van der Waals surface area (Å²) < 4.78 is 0. The molecule has 0 bridgehead atoms. The number of nitrogens with one attached hydrogen (secondary N) is 1. The zero-order chi connectivity index (χ0) is 17.3. The van der Waals surface area contributed by atoms with E-state index < -0.39 is 11.9 Å². The smallest absolute Gasteiger partial charge is 0.347 e. The van der Waals surface area contributed by atoms with Gasteiger partial charge in [0.15, 0.2) is 0 Å². The van der Waals surface area contributed by atoms with Gasteiger partial charge in [-0.05, 0) is 45.7 Å². The maximum atomic E-state index is 12.5. The van der Waals surface area contributed by atoms with Crippen LogP contribution in [-0.4, -0.2) is 22.0 Å². The third kappa shape index (κ3) is 3.59. The zero-order valence-corrected chi connectivity index (χ0v) is 14.7. The summed E-state index contributed by atoms with van der Waals surface area (Å²) in [6.45, 7) is 9.30. The molecule has 1 amide bonds. The lowest BCUT2D eigenvalue weighted by Crippen LogP contribution is -2.20. The van der Waals surface area contributed by atoms with Crippen LogP contribution in [0.2, 0.25) is 0 Å². The van der Waals surface area contributed by atoms with Crippen molar-refractivity contribution in [1.29, 1.82) is 0 Å². The molecule has 1 aromatic carbocycles. The second-order valence-corrected chi connectivity index (χ2v) is 6.79. The minimum absolute atomic E-state index is 0.183. The quantitative estimate of drug-likeness (QED) is 0.892. The molecular formula is C17H20N2O3S. The summed E-state index contributed by atoms with van der Waals surface area (Å²) in [5.74, 6) is -1.71. The summed E-state index contributed by atoms with van der Waals surface area (Å²) in [7, 11) is 0. The number of aromatic nitrogens is 1. The molecule has 2 aromatic rings. The second kappa shape index (κ2) is 6.50. The van der Waals surface area contributed by atoms with Crippen molar-refractivity contribution >= 4 is 28.9 Å². The molecule has 0 aliphatic heterocycles. The van der Waals surface area contributed by atoms with E-state index in [4.69, 9.17) is 5.11 Å². The van der Waals surface area contributed by atoms with E-state index in [9.17, 15) is 9.59 Å². The van der Waals surface area contributed by atoms with Crippen LogP contribution < -0.4 is 5.32 Å². The van der Waals surface area contributed by atoms with Crippen LogP contribution in [0, 0.1) is 27.7 Å². The summed E-state index contributed by atoms with van der Waals surface area (Å²) in [6, 6.07) is 4.03. The van der Waals surface area contributed by atoms with Gasteiger partial charge in [0, 0.05) is 5.69 Å². The highest BCUT2D eigenvalue weighted by atomic mass is 32.1. The number of nitrogens with zero attached hydrogens (tertiary/aromatic N) is 1. The van der Waals surface area contributed by atoms with Crippen molar-refractivity contribution in [2.75, 3.05) is 5.32 Å². The molecule has 2 rings (SSSR count). The van der Waals surface area contributed by atoms with Crippen molar-refractivity contribution in [2.45, 2.75) is 40.5 Å². The number of benzene rings is 1. The molecule has 0 radical (unpaired) electrons. The highest BCUT2D eigenvalue weighted by Crippen LogP contribution is 2.28. The number of thiazole rings is 1. The van der Waals surface area contributed by atoms with E-state index in [0.717, 1.165) is 33.7 Å². The Morgan fingerprint density at radius 2 is 1.74 bits per heavy atom. The third-order valence-electron chi connectivity index (χ3n) is 3.70. The molecule has 1 unspecified atom stereocenters. The normalized spacial score (nSPS) is 12.0. The lowest BCUT2D eigenvalue weighted by atomic mass is 10.0. The van der Waals surface area contributed by atoms with Gasteiger partial charge in [0.05, 0.1) is 11.6 Å². The van der Waals surface area contributed by atoms with Crippen LogP contribution in [0.15, 0.2) is 12.1 Å². The van der Waals surface area contributed by atoms with Gasteiger partial charge in [-0.1, -0.05) is 17.7 Å². The number of anilines is 1. The molecule has 1 heterocycles. The number of hydrogen-bond acceptors (Lipinski definition) is 4. The van der Waals surface area contributed by atoms with E-state index in [2.05, 4.69) is 10.3 Å². The zero-order valence-electron chi connectivity index (χ0n) is 13.9. The van der Waals surface area contributed by atoms with Crippen molar-refractivity contribution < 1.29 is 14.7 Å². The van der Waals surface area contributed by atoms with Crippen molar-refractivity contribution in [3.05, 3.63) is 44.4 Å². The molecule has 0 saturated heterocycles. The molecular weight excluding hydrogens is 312 g/mol. The first-order valence-electron chi connectivity index (χ1n) is 7.30. The highest BCUT2D eigenvalue weighted by Gasteiger charge is 2.23. The van der Waals surface area contributed by atoms with E-state index in [1.807, 2.05) is 32.9 Å². The van der Waals surface area contributed by atoms with Crippen LogP contribution in [0.25, 0.3) is 0 Å². The van der Waals surface area contributed by atoms with Crippen molar-refractivity contribution in [2.24, 2.45) is 0 Å². The topological polar surface area (TPSA) is 79.3 Å². The summed E-state index contributed by atoms with van der Waals surface area (Å²) >= 11 is 1.05. The number of aromatic carboxylic acids is 1. The number of carboxylic acid groups (broad SMARTS) is 1. The second-order valence-electron chi connectivity index (χ2n) is 5.76. The Morgan fingerprint density at radius 1 is 1.17 bits per heavy atom. The van der Waals surface area contributed by atoms with Crippen LogP contribution in [0.5, 0.6) is 0 Å². The number of rotatable bonds is 4. The van der Waals surface area contributed by atoms with E-state index in [0.29, 0.717) is 10.7 Å². The minimum atomic E-state index is -1.01. The van der Waals surface area contributed by atoms with E-state index in [1.54, 1.807) is 13.8 Å². The molecule has 0 aliphatic rings. The number of carbonyl (C=O) groups excluding carboxylic acids is 1. The molecule has 0 saturated carbocycles. The maximum absolute atomic E-state index is 12.5.